The van der Waals surface area contributed by atoms with E-state index in [0.717, 1.165) is 18.9 Å². The molecule has 1 aromatic rings. The van der Waals surface area contributed by atoms with Crippen molar-refractivity contribution in [3.8, 4) is 0 Å². The van der Waals surface area contributed by atoms with Gasteiger partial charge in [0.15, 0.2) is 0 Å². The summed E-state index contributed by atoms with van der Waals surface area (Å²) in [5.41, 5.74) is -0.750. The van der Waals surface area contributed by atoms with Crippen LogP contribution in [0.4, 0.5) is 19.0 Å². The van der Waals surface area contributed by atoms with Crippen LogP contribution in [0.25, 0.3) is 0 Å². The van der Waals surface area contributed by atoms with Gasteiger partial charge < -0.3 is 5.32 Å². The summed E-state index contributed by atoms with van der Waals surface area (Å²) in [5, 5.41) is 2.55. The van der Waals surface area contributed by atoms with Gasteiger partial charge in [-0.05, 0) is 30.9 Å². The fraction of sp³-hybridized carbons (Fsp3) is 0.545. The van der Waals surface area contributed by atoms with Gasteiger partial charge in [0.1, 0.15) is 5.82 Å². The van der Waals surface area contributed by atoms with Gasteiger partial charge in [-0.2, -0.15) is 13.2 Å². The SMILES string of the molecule is FC(F)(F)c1cccnc1NCC(Cl)C1CC1. The smallest absolute Gasteiger partial charge is 0.368 e. The van der Waals surface area contributed by atoms with Gasteiger partial charge in [0.2, 0.25) is 0 Å². The monoisotopic (exact) mass is 264 g/mol. The van der Waals surface area contributed by atoms with Crippen LogP contribution in [0.1, 0.15) is 18.4 Å². The molecule has 1 aliphatic rings. The van der Waals surface area contributed by atoms with Gasteiger partial charge in [0.05, 0.1) is 10.9 Å². The molecule has 0 aromatic carbocycles. The summed E-state index contributed by atoms with van der Waals surface area (Å²) in [6.07, 6.45) is -0.940. The van der Waals surface area contributed by atoms with Crippen molar-refractivity contribution >= 4 is 17.4 Å². The average Bonchev–Trinajstić information content (AvgIpc) is 3.08. The molecule has 0 amide bonds. The molecule has 0 spiro atoms. The summed E-state index contributed by atoms with van der Waals surface area (Å²) in [6.45, 7) is 0.312. The summed E-state index contributed by atoms with van der Waals surface area (Å²) in [6, 6.07) is 2.28. The number of pyridine rings is 1. The van der Waals surface area contributed by atoms with Crippen molar-refractivity contribution in [2.75, 3.05) is 11.9 Å². The van der Waals surface area contributed by atoms with Crippen molar-refractivity contribution in [2.45, 2.75) is 24.4 Å². The topological polar surface area (TPSA) is 24.9 Å². The fourth-order valence-electron chi connectivity index (χ4n) is 1.59. The van der Waals surface area contributed by atoms with Gasteiger partial charge in [-0.1, -0.05) is 0 Å². The van der Waals surface area contributed by atoms with Gasteiger partial charge in [-0.25, -0.2) is 4.98 Å². The minimum Gasteiger partial charge on any atom is -0.368 e. The lowest BCUT2D eigenvalue weighted by Crippen LogP contribution is -2.19. The zero-order valence-electron chi connectivity index (χ0n) is 8.97. The molecule has 1 heterocycles. The number of aromatic nitrogens is 1. The summed E-state index contributed by atoms with van der Waals surface area (Å²) in [7, 11) is 0. The second kappa shape index (κ2) is 4.72. The number of halogens is 4. The lowest BCUT2D eigenvalue weighted by molar-refractivity contribution is -0.137. The highest BCUT2D eigenvalue weighted by Gasteiger charge is 2.35. The molecule has 2 nitrogen and oxygen atoms in total. The number of anilines is 1. The second-order valence-corrected chi connectivity index (χ2v) is 4.69. The van der Waals surface area contributed by atoms with E-state index in [2.05, 4.69) is 10.3 Å². The van der Waals surface area contributed by atoms with E-state index < -0.39 is 11.7 Å². The molecule has 0 saturated heterocycles. The van der Waals surface area contributed by atoms with Crippen molar-refractivity contribution in [1.29, 1.82) is 0 Å². The number of nitrogens with zero attached hydrogens (tertiary/aromatic N) is 1. The van der Waals surface area contributed by atoms with Gasteiger partial charge in [-0.3, -0.25) is 0 Å². The molecule has 1 aliphatic carbocycles. The highest BCUT2D eigenvalue weighted by molar-refractivity contribution is 6.21. The van der Waals surface area contributed by atoms with Crippen molar-refractivity contribution in [3.63, 3.8) is 0 Å². The summed E-state index contributed by atoms with van der Waals surface area (Å²) >= 11 is 6.02. The van der Waals surface area contributed by atoms with Crippen molar-refractivity contribution in [2.24, 2.45) is 5.92 Å². The second-order valence-electron chi connectivity index (χ2n) is 4.13. The molecule has 0 radical (unpaired) electrons. The van der Waals surface area contributed by atoms with E-state index in [1.807, 2.05) is 0 Å². The van der Waals surface area contributed by atoms with E-state index in [9.17, 15) is 13.2 Å². The van der Waals surface area contributed by atoms with Gasteiger partial charge in [0, 0.05) is 12.7 Å². The van der Waals surface area contributed by atoms with E-state index in [1.54, 1.807) is 0 Å². The quantitative estimate of drug-likeness (QED) is 0.842. The molecule has 2 rings (SSSR count). The van der Waals surface area contributed by atoms with Crippen LogP contribution < -0.4 is 5.32 Å². The van der Waals surface area contributed by atoms with Crippen molar-refractivity contribution < 1.29 is 13.2 Å². The van der Waals surface area contributed by atoms with E-state index in [1.165, 1.54) is 12.3 Å². The zero-order valence-corrected chi connectivity index (χ0v) is 9.72. The first-order valence-corrected chi connectivity index (χ1v) is 5.82. The maximum absolute atomic E-state index is 12.6. The summed E-state index contributed by atoms with van der Waals surface area (Å²) < 4.78 is 37.9. The molecule has 1 atom stereocenters. The third-order valence-electron chi connectivity index (χ3n) is 2.71. The van der Waals surface area contributed by atoms with Gasteiger partial charge >= 0.3 is 6.18 Å². The standard InChI is InChI=1S/C11H12ClF3N2/c12-9(7-3-4-7)6-17-10-8(11(13,14)15)2-1-5-16-10/h1-2,5,7,9H,3-4,6H2,(H,16,17). The Morgan fingerprint density at radius 3 is 2.76 bits per heavy atom. The van der Waals surface area contributed by atoms with Crippen LogP contribution in [-0.4, -0.2) is 16.9 Å². The molecule has 0 bridgehead atoms. The van der Waals surface area contributed by atoms with Crippen LogP contribution in [-0.2, 0) is 6.18 Å². The number of nitrogens with one attached hydrogen (secondary N) is 1. The van der Waals surface area contributed by atoms with Crippen LogP contribution in [0, 0.1) is 5.92 Å². The molecule has 6 heteroatoms. The first-order chi connectivity index (χ1) is 7.98. The Kier molecular flexibility index (Phi) is 3.47. The Labute approximate surface area is 102 Å². The molecule has 94 valence electrons. The van der Waals surface area contributed by atoms with Crippen LogP contribution in [0.15, 0.2) is 18.3 Å². The van der Waals surface area contributed by atoms with E-state index in [0.29, 0.717) is 12.5 Å². The third kappa shape index (κ3) is 3.25. The molecule has 17 heavy (non-hydrogen) atoms. The molecule has 1 aromatic heterocycles. The normalized spacial score (nSPS) is 17.9. The first-order valence-electron chi connectivity index (χ1n) is 5.38. The number of rotatable bonds is 4. The van der Waals surface area contributed by atoms with Crippen molar-refractivity contribution in [3.05, 3.63) is 23.9 Å². The average molecular weight is 265 g/mol. The minimum atomic E-state index is -4.39. The molecule has 1 saturated carbocycles. The lowest BCUT2D eigenvalue weighted by Gasteiger charge is -2.15. The summed E-state index contributed by atoms with van der Waals surface area (Å²) in [5.74, 6) is 0.286. The number of hydrogen-bond acceptors (Lipinski definition) is 2. The Morgan fingerprint density at radius 2 is 2.18 bits per heavy atom. The molecule has 1 fully saturated rings. The largest absolute Gasteiger partial charge is 0.419 e. The fourth-order valence-corrected chi connectivity index (χ4v) is 1.92. The van der Waals surface area contributed by atoms with Crippen molar-refractivity contribution in [1.82, 2.24) is 4.98 Å². The zero-order chi connectivity index (χ0) is 12.5. The van der Waals surface area contributed by atoms with Crippen LogP contribution in [0.3, 0.4) is 0 Å². The lowest BCUT2D eigenvalue weighted by atomic mass is 10.2. The van der Waals surface area contributed by atoms with Crippen LogP contribution >= 0.6 is 11.6 Å². The predicted molar refractivity (Wildman–Crippen MR) is 60.1 cm³/mol. The van der Waals surface area contributed by atoms with E-state index in [-0.39, 0.29) is 11.2 Å². The minimum absolute atomic E-state index is 0.127. The van der Waals surface area contributed by atoms with E-state index in [4.69, 9.17) is 11.6 Å². The Balaban J connectivity index is 2.04. The van der Waals surface area contributed by atoms with Crippen LogP contribution in [0.2, 0.25) is 0 Å². The first kappa shape index (κ1) is 12.5. The number of alkyl halides is 4. The highest BCUT2D eigenvalue weighted by atomic mass is 35.5. The number of hydrogen-bond donors (Lipinski definition) is 1. The molecule has 1 unspecified atom stereocenters. The van der Waals surface area contributed by atoms with Gasteiger partial charge in [-0.15, -0.1) is 11.6 Å². The molecular formula is C11H12ClF3N2. The summed E-state index contributed by atoms with van der Waals surface area (Å²) in [4.78, 5) is 3.71. The predicted octanol–water partition coefficient (Wildman–Crippen LogP) is 3.53. The highest BCUT2D eigenvalue weighted by Crippen LogP contribution is 2.37. The Hall–Kier alpha value is -0.970. The molecule has 0 aliphatic heterocycles. The Morgan fingerprint density at radius 1 is 1.47 bits per heavy atom. The maximum Gasteiger partial charge on any atom is 0.419 e. The molecular weight excluding hydrogens is 253 g/mol. The van der Waals surface area contributed by atoms with E-state index >= 15 is 0 Å². The Bertz CT molecular complexity index is 391. The van der Waals surface area contributed by atoms with Crippen LogP contribution in [0.5, 0.6) is 0 Å². The maximum atomic E-state index is 12.6. The van der Waals surface area contributed by atoms with Gasteiger partial charge in [0.25, 0.3) is 0 Å². The molecule has 1 N–H and O–H groups in total. The third-order valence-corrected chi connectivity index (χ3v) is 3.22.